The van der Waals surface area contributed by atoms with E-state index in [4.69, 9.17) is 20.8 Å². The standard InChI is InChI=1S/C28H18ClNO5S/c29-16-7-6-10-18(15-16)36-26-24(31)22-25(35-28(26)33)20-13-14-34-21-12-5-4-11-19(21)23(20)30(27(22)32)17-8-2-1-3-9-17/h1-12,15,31H,13-14H2. The third-order valence-electron chi connectivity index (χ3n) is 6.04. The number of hydrogen-bond donors (Lipinski definition) is 1. The smallest absolute Gasteiger partial charge is 0.354 e. The van der Waals surface area contributed by atoms with Gasteiger partial charge in [-0.1, -0.05) is 59.8 Å². The Hall–Kier alpha value is -3.94. The van der Waals surface area contributed by atoms with Gasteiger partial charge >= 0.3 is 5.63 Å². The summed E-state index contributed by atoms with van der Waals surface area (Å²) >= 11 is 7.09. The van der Waals surface area contributed by atoms with E-state index in [1.807, 2.05) is 54.6 Å². The molecule has 0 unspecified atom stereocenters. The second-order valence-electron chi connectivity index (χ2n) is 8.23. The van der Waals surface area contributed by atoms with E-state index in [9.17, 15) is 14.7 Å². The number of halogens is 1. The molecule has 0 bridgehead atoms. The number of aromatic hydroxyl groups is 1. The summed E-state index contributed by atoms with van der Waals surface area (Å²) in [6.45, 7) is 0.315. The molecule has 0 atom stereocenters. The van der Waals surface area contributed by atoms with E-state index in [-0.39, 0.29) is 15.9 Å². The molecule has 36 heavy (non-hydrogen) atoms. The molecule has 1 aliphatic rings. The highest BCUT2D eigenvalue weighted by atomic mass is 35.5. The van der Waals surface area contributed by atoms with Gasteiger partial charge in [0.15, 0.2) is 11.3 Å². The van der Waals surface area contributed by atoms with Crippen molar-refractivity contribution in [3.63, 3.8) is 0 Å². The number of nitrogens with zero attached hydrogens (tertiary/aromatic N) is 1. The van der Waals surface area contributed by atoms with Crippen molar-refractivity contribution < 1.29 is 14.3 Å². The summed E-state index contributed by atoms with van der Waals surface area (Å²) in [5.41, 5.74) is 1.35. The summed E-state index contributed by atoms with van der Waals surface area (Å²) in [7, 11) is 0. The van der Waals surface area contributed by atoms with Crippen LogP contribution in [0.2, 0.25) is 5.02 Å². The molecule has 5 aromatic rings. The number of rotatable bonds is 3. The number of pyridine rings is 1. The molecule has 178 valence electrons. The third-order valence-corrected chi connectivity index (χ3v) is 7.33. The molecule has 0 spiro atoms. The quantitative estimate of drug-likeness (QED) is 0.315. The van der Waals surface area contributed by atoms with Crippen LogP contribution in [0.15, 0.2) is 103 Å². The van der Waals surface area contributed by atoms with Crippen molar-refractivity contribution in [2.45, 2.75) is 16.2 Å². The molecular weight excluding hydrogens is 498 g/mol. The molecule has 1 N–H and O–H groups in total. The van der Waals surface area contributed by atoms with Crippen molar-refractivity contribution in [1.29, 1.82) is 0 Å². The number of ether oxygens (including phenoxy) is 1. The van der Waals surface area contributed by atoms with Crippen LogP contribution >= 0.6 is 23.4 Å². The fourth-order valence-electron chi connectivity index (χ4n) is 4.50. The Morgan fingerprint density at radius 3 is 2.53 bits per heavy atom. The first-order valence-electron chi connectivity index (χ1n) is 11.2. The number of aromatic nitrogens is 1. The lowest BCUT2D eigenvalue weighted by Crippen LogP contribution is -2.23. The van der Waals surface area contributed by atoms with E-state index in [2.05, 4.69) is 0 Å². The maximum absolute atomic E-state index is 14.1. The van der Waals surface area contributed by atoms with E-state index >= 15 is 0 Å². The summed E-state index contributed by atoms with van der Waals surface area (Å²) in [6, 6.07) is 23.5. The van der Waals surface area contributed by atoms with Crippen LogP contribution in [0.4, 0.5) is 0 Å². The maximum Gasteiger partial charge on any atom is 0.354 e. The third kappa shape index (κ3) is 3.68. The van der Waals surface area contributed by atoms with Gasteiger partial charge in [-0.05, 0) is 42.5 Å². The van der Waals surface area contributed by atoms with Crippen molar-refractivity contribution in [2.24, 2.45) is 0 Å². The Bertz CT molecular complexity index is 1760. The van der Waals surface area contributed by atoms with E-state index in [0.29, 0.717) is 51.2 Å². The van der Waals surface area contributed by atoms with Crippen LogP contribution in [0.5, 0.6) is 11.5 Å². The monoisotopic (exact) mass is 515 g/mol. The van der Waals surface area contributed by atoms with Crippen LogP contribution in [-0.2, 0) is 6.42 Å². The highest BCUT2D eigenvalue weighted by Crippen LogP contribution is 2.42. The SMILES string of the molecule is O=c1oc2c3c(n(-c4ccccc4)c(=O)c2c(O)c1Sc1cccc(Cl)c1)-c1ccccc1OCC3. The molecule has 8 heteroatoms. The Balaban J connectivity index is 1.72. The zero-order valence-corrected chi connectivity index (χ0v) is 20.3. The van der Waals surface area contributed by atoms with Crippen LogP contribution in [0.1, 0.15) is 5.56 Å². The van der Waals surface area contributed by atoms with Crippen LogP contribution in [0, 0.1) is 0 Å². The predicted molar refractivity (Wildman–Crippen MR) is 140 cm³/mol. The highest BCUT2D eigenvalue weighted by Gasteiger charge is 2.29. The van der Waals surface area contributed by atoms with Gasteiger partial charge in [0.1, 0.15) is 16.0 Å². The minimum Gasteiger partial charge on any atom is -0.505 e. The Morgan fingerprint density at radius 2 is 1.72 bits per heavy atom. The lowest BCUT2D eigenvalue weighted by Gasteiger charge is -2.19. The van der Waals surface area contributed by atoms with Crippen molar-refractivity contribution in [2.75, 3.05) is 6.61 Å². The normalized spacial score (nSPS) is 12.5. The molecule has 1 aliphatic heterocycles. The second kappa shape index (κ2) is 8.93. The van der Waals surface area contributed by atoms with Crippen LogP contribution in [-0.4, -0.2) is 16.3 Å². The van der Waals surface area contributed by atoms with Gasteiger partial charge in [0.25, 0.3) is 5.56 Å². The first-order valence-corrected chi connectivity index (χ1v) is 12.4. The second-order valence-corrected chi connectivity index (χ2v) is 9.75. The molecule has 2 aromatic heterocycles. The van der Waals surface area contributed by atoms with E-state index in [0.717, 1.165) is 11.8 Å². The van der Waals surface area contributed by atoms with Crippen molar-refractivity contribution >= 4 is 34.3 Å². The lowest BCUT2D eigenvalue weighted by molar-refractivity contribution is 0.326. The van der Waals surface area contributed by atoms with E-state index in [1.165, 1.54) is 0 Å². The van der Waals surface area contributed by atoms with E-state index in [1.54, 1.807) is 28.8 Å². The summed E-state index contributed by atoms with van der Waals surface area (Å²) in [6.07, 6.45) is 0.372. The maximum atomic E-state index is 14.1. The minimum absolute atomic E-state index is 0.0545. The summed E-state index contributed by atoms with van der Waals surface area (Å²) in [5.74, 6) is 0.210. The summed E-state index contributed by atoms with van der Waals surface area (Å²) in [4.78, 5) is 27.7. The molecular formula is C28H18ClNO5S. The number of benzene rings is 3. The fraction of sp³-hybridized carbons (Fsp3) is 0.0714. The zero-order chi connectivity index (χ0) is 24.8. The van der Waals surface area contributed by atoms with Gasteiger partial charge in [-0.25, -0.2) is 4.79 Å². The number of hydrogen-bond acceptors (Lipinski definition) is 6. The first kappa shape index (κ1) is 22.5. The van der Waals surface area contributed by atoms with Crippen molar-refractivity contribution in [1.82, 2.24) is 4.57 Å². The molecule has 6 rings (SSSR count). The molecule has 0 aliphatic carbocycles. The first-order chi connectivity index (χ1) is 17.5. The Kier molecular flexibility index (Phi) is 5.59. The molecule has 0 fully saturated rings. The number of para-hydroxylation sites is 2. The largest absolute Gasteiger partial charge is 0.505 e. The number of fused-ring (bicyclic) bond motifs is 5. The molecule has 0 radical (unpaired) electrons. The Morgan fingerprint density at radius 1 is 0.944 bits per heavy atom. The molecule has 3 aromatic carbocycles. The average Bonchev–Trinajstić information content (AvgIpc) is 3.07. The van der Waals surface area contributed by atoms with Gasteiger partial charge in [-0.3, -0.25) is 9.36 Å². The van der Waals surface area contributed by atoms with Gasteiger partial charge in [-0.15, -0.1) is 0 Å². The van der Waals surface area contributed by atoms with Gasteiger partial charge in [-0.2, -0.15) is 0 Å². The molecule has 6 nitrogen and oxygen atoms in total. The summed E-state index contributed by atoms with van der Waals surface area (Å²) < 4.78 is 13.3. The summed E-state index contributed by atoms with van der Waals surface area (Å²) in [5, 5.41) is 11.8. The zero-order valence-electron chi connectivity index (χ0n) is 18.7. The highest BCUT2D eigenvalue weighted by molar-refractivity contribution is 7.99. The van der Waals surface area contributed by atoms with Gasteiger partial charge in [0, 0.05) is 33.2 Å². The topological polar surface area (TPSA) is 81.7 Å². The molecule has 0 amide bonds. The molecule has 0 saturated carbocycles. The molecule has 0 saturated heterocycles. The van der Waals surface area contributed by atoms with Crippen LogP contribution < -0.4 is 15.9 Å². The van der Waals surface area contributed by atoms with E-state index < -0.39 is 16.9 Å². The average molecular weight is 516 g/mol. The predicted octanol–water partition coefficient (Wildman–Crippen LogP) is 6.06. The van der Waals surface area contributed by atoms with Crippen molar-refractivity contribution in [3.8, 4) is 28.4 Å². The Labute approximate surface area is 214 Å². The molecule has 3 heterocycles. The van der Waals surface area contributed by atoms with Crippen molar-refractivity contribution in [3.05, 3.63) is 110 Å². The van der Waals surface area contributed by atoms with Crippen LogP contribution in [0.25, 0.3) is 27.9 Å². The van der Waals surface area contributed by atoms with Gasteiger partial charge in [0.05, 0.1) is 12.3 Å². The fourth-order valence-corrected chi connectivity index (χ4v) is 5.65. The van der Waals surface area contributed by atoms with Crippen LogP contribution in [0.3, 0.4) is 0 Å². The minimum atomic E-state index is -0.734. The van der Waals surface area contributed by atoms with Gasteiger partial charge in [0.2, 0.25) is 0 Å². The lowest BCUT2D eigenvalue weighted by atomic mass is 10.00. The van der Waals surface area contributed by atoms with Gasteiger partial charge < -0.3 is 14.3 Å².